The van der Waals surface area contributed by atoms with E-state index in [9.17, 15) is 15.0 Å². The van der Waals surface area contributed by atoms with Crippen LogP contribution < -0.4 is 5.32 Å². The van der Waals surface area contributed by atoms with E-state index in [1.807, 2.05) is 55.6 Å². The van der Waals surface area contributed by atoms with Crippen LogP contribution in [0.1, 0.15) is 42.1 Å². The van der Waals surface area contributed by atoms with Crippen LogP contribution in [0, 0.1) is 5.41 Å². The summed E-state index contributed by atoms with van der Waals surface area (Å²) in [5.74, 6) is -0.172. The zero-order valence-electron chi connectivity index (χ0n) is 21.7. The summed E-state index contributed by atoms with van der Waals surface area (Å²) in [4.78, 5) is 22.4. The molecule has 3 aromatic carbocycles. The molecule has 0 unspecified atom stereocenters. The van der Waals surface area contributed by atoms with Crippen molar-refractivity contribution in [3.63, 3.8) is 0 Å². The molecule has 0 aliphatic heterocycles. The second-order valence-electron chi connectivity index (χ2n) is 10.0. The Morgan fingerprint density at radius 3 is 1.92 bits per heavy atom. The normalized spacial score (nSPS) is 11.5. The molecular weight excluding hydrogens is 506 g/mol. The van der Waals surface area contributed by atoms with Crippen LogP contribution in [0.2, 0.25) is 0 Å². The van der Waals surface area contributed by atoms with Gasteiger partial charge < -0.3 is 15.5 Å². The summed E-state index contributed by atoms with van der Waals surface area (Å²) in [6.07, 6.45) is 4.23. The molecule has 1 amide bonds. The molecule has 2 heterocycles. The number of anilines is 1. The maximum absolute atomic E-state index is 13.6. The average molecular weight is 536 g/mol. The van der Waals surface area contributed by atoms with Crippen molar-refractivity contribution in [3.8, 4) is 22.6 Å². The number of aromatic nitrogens is 2. The number of phenols is 2. The SMILES string of the molecule is CC(C)(C(=O)Nc1nc(Cc2ccc(-c3ccncc3)cc2)cs1)C(c1ccc(O)cc1)c1ccc(O)cc1. The van der Waals surface area contributed by atoms with Crippen LogP contribution >= 0.6 is 11.3 Å². The number of thiazole rings is 1. The number of benzene rings is 3. The largest absolute Gasteiger partial charge is 0.508 e. The fourth-order valence-electron chi connectivity index (χ4n) is 4.76. The molecule has 0 fully saturated rings. The maximum Gasteiger partial charge on any atom is 0.232 e. The minimum absolute atomic E-state index is 0.160. The van der Waals surface area contributed by atoms with Crippen molar-refractivity contribution in [2.24, 2.45) is 5.41 Å². The van der Waals surface area contributed by atoms with Crippen molar-refractivity contribution in [2.75, 3.05) is 5.32 Å². The number of nitrogens with one attached hydrogen (secondary N) is 1. The van der Waals surface area contributed by atoms with Gasteiger partial charge in [-0.15, -0.1) is 11.3 Å². The zero-order valence-corrected chi connectivity index (χ0v) is 22.5. The third-order valence-electron chi connectivity index (χ3n) is 6.88. The molecule has 0 bridgehead atoms. The van der Waals surface area contributed by atoms with Gasteiger partial charge in [-0.1, -0.05) is 62.4 Å². The van der Waals surface area contributed by atoms with E-state index in [4.69, 9.17) is 0 Å². The predicted octanol–water partition coefficient (Wildman–Crippen LogP) is 7.00. The number of phenolic OH excluding ortho intramolecular Hbond substituents is 2. The van der Waals surface area contributed by atoms with Crippen LogP contribution in [0.25, 0.3) is 11.1 Å². The van der Waals surface area contributed by atoms with Crippen molar-refractivity contribution in [1.29, 1.82) is 0 Å². The highest BCUT2D eigenvalue weighted by Crippen LogP contribution is 2.42. The first-order valence-electron chi connectivity index (χ1n) is 12.6. The van der Waals surface area contributed by atoms with Gasteiger partial charge in [-0.3, -0.25) is 9.78 Å². The van der Waals surface area contributed by atoms with E-state index in [2.05, 4.69) is 39.6 Å². The van der Waals surface area contributed by atoms with Crippen molar-refractivity contribution in [1.82, 2.24) is 9.97 Å². The number of amides is 1. The van der Waals surface area contributed by atoms with E-state index in [1.165, 1.54) is 11.3 Å². The van der Waals surface area contributed by atoms with Gasteiger partial charge in [0.15, 0.2) is 5.13 Å². The fraction of sp³-hybridized carbons (Fsp3) is 0.156. The highest BCUT2D eigenvalue weighted by atomic mass is 32.1. The maximum atomic E-state index is 13.6. The highest BCUT2D eigenvalue weighted by molar-refractivity contribution is 7.13. The molecule has 39 heavy (non-hydrogen) atoms. The molecular formula is C32H29N3O3S. The second kappa shape index (κ2) is 11.1. The third-order valence-corrected chi connectivity index (χ3v) is 7.69. The first-order chi connectivity index (χ1) is 18.8. The van der Waals surface area contributed by atoms with Gasteiger partial charge in [0.25, 0.3) is 0 Å². The number of carbonyl (C=O) groups is 1. The van der Waals surface area contributed by atoms with Gasteiger partial charge in [0, 0.05) is 30.1 Å². The Labute approximate surface area is 231 Å². The molecule has 2 aromatic heterocycles. The summed E-state index contributed by atoms with van der Waals surface area (Å²) in [5.41, 5.74) is 5.17. The summed E-state index contributed by atoms with van der Waals surface area (Å²) < 4.78 is 0. The van der Waals surface area contributed by atoms with E-state index in [0.717, 1.165) is 33.5 Å². The summed E-state index contributed by atoms with van der Waals surface area (Å²) >= 11 is 1.40. The number of nitrogens with zero attached hydrogens (tertiary/aromatic N) is 2. The number of pyridine rings is 1. The molecule has 0 aliphatic rings. The number of aromatic hydroxyl groups is 2. The lowest BCUT2D eigenvalue weighted by atomic mass is 9.70. The Balaban J connectivity index is 1.32. The molecule has 0 saturated carbocycles. The van der Waals surface area contributed by atoms with Gasteiger partial charge in [-0.2, -0.15) is 0 Å². The molecule has 5 aromatic rings. The first-order valence-corrected chi connectivity index (χ1v) is 13.5. The predicted molar refractivity (Wildman–Crippen MR) is 155 cm³/mol. The topological polar surface area (TPSA) is 95.3 Å². The molecule has 196 valence electrons. The van der Waals surface area contributed by atoms with Crippen molar-refractivity contribution < 1.29 is 15.0 Å². The van der Waals surface area contributed by atoms with Gasteiger partial charge in [0.2, 0.25) is 5.91 Å². The average Bonchev–Trinajstić information content (AvgIpc) is 3.38. The number of carbonyl (C=O) groups excluding carboxylic acids is 1. The van der Waals surface area contributed by atoms with Crippen LogP contribution in [0.4, 0.5) is 5.13 Å². The lowest BCUT2D eigenvalue weighted by Crippen LogP contribution is -2.37. The highest BCUT2D eigenvalue weighted by Gasteiger charge is 2.39. The molecule has 0 radical (unpaired) electrons. The summed E-state index contributed by atoms with van der Waals surface area (Å²) in [7, 11) is 0. The van der Waals surface area contributed by atoms with Crippen LogP contribution in [-0.4, -0.2) is 26.1 Å². The minimum Gasteiger partial charge on any atom is -0.508 e. The van der Waals surface area contributed by atoms with E-state index >= 15 is 0 Å². The number of hydrogen-bond acceptors (Lipinski definition) is 6. The van der Waals surface area contributed by atoms with E-state index in [-0.39, 0.29) is 23.3 Å². The van der Waals surface area contributed by atoms with E-state index in [1.54, 1.807) is 36.7 Å². The quantitative estimate of drug-likeness (QED) is 0.199. The third kappa shape index (κ3) is 5.99. The van der Waals surface area contributed by atoms with Crippen LogP contribution in [0.5, 0.6) is 11.5 Å². The van der Waals surface area contributed by atoms with Crippen LogP contribution in [-0.2, 0) is 11.2 Å². The van der Waals surface area contributed by atoms with E-state index < -0.39 is 5.41 Å². The lowest BCUT2D eigenvalue weighted by molar-refractivity contribution is -0.124. The van der Waals surface area contributed by atoms with Gasteiger partial charge in [0.1, 0.15) is 11.5 Å². The van der Waals surface area contributed by atoms with Gasteiger partial charge in [-0.25, -0.2) is 4.98 Å². The smallest absolute Gasteiger partial charge is 0.232 e. The summed E-state index contributed by atoms with van der Waals surface area (Å²) in [5, 5.41) is 25.2. The standard InChI is InChI=1S/C32H29N3O3S/c1-32(2,29(24-7-11-27(36)12-8-24)25-9-13-28(37)14-10-25)30(38)35-31-34-26(20-39-31)19-21-3-5-22(6-4-21)23-15-17-33-18-16-23/h3-18,20,29,36-37H,19H2,1-2H3,(H,34,35,38). The van der Waals surface area contributed by atoms with Gasteiger partial charge >= 0.3 is 0 Å². The Kier molecular flexibility index (Phi) is 7.43. The molecule has 0 saturated heterocycles. The zero-order chi connectivity index (χ0) is 27.4. The molecule has 3 N–H and O–H groups in total. The molecule has 5 rings (SSSR count). The van der Waals surface area contributed by atoms with Crippen molar-refractivity contribution in [2.45, 2.75) is 26.2 Å². The number of hydrogen-bond donors (Lipinski definition) is 3. The van der Waals surface area contributed by atoms with Gasteiger partial charge in [-0.05, 0) is 64.2 Å². The second-order valence-corrected chi connectivity index (χ2v) is 10.9. The molecule has 0 aliphatic carbocycles. The Bertz CT molecular complexity index is 1500. The Morgan fingerprint density at radius 1 is 0.821 bits per heavy atom. The Hall–Kier alpha value is -4.49. The first kappa shape index (κ1) is 26.1. The summed E-state index contributed by atoms with van der Waals surface area (Å²) in [6, 6.07) is 26.1. The minimum atomic E-state index is -0.872. The fourth-order valence-corrected chi connectivity index (χ4v) is 5.47. The molecule has 6 nitrogen and oxygen atoms in total. The van der Waals surface area contributed by atoms with E-state index in [0.29, 0.717) is 11.6 Å². The number of rotatable bonds is 8. The molecule has 7 heteroatoms. The molecule has 0 spiro atoms. The summed E-state index contributed by atoms with van der Waals surface area (Å²) in [6.45, 7) is 3.79. The van der Waals surface area contributed by atoms with Crippen molar-refractivity contribution >= 4 is 22.4 Å². The van der Waals surface area contributed by atoms with Crippen molar-refractivity contribution in [3.05, 3.63) is 125 Å². The Morgan fingerprint density at radius 2 is 1.36 bits per heavy atom. The van der Waals surface area contributed by atoms with Gasteiger partial charge in [0.05, 0.1) is 11.1 Å². The van der Waals surface area contributed by atoms with Crippen LogP contribution in [0.3, 0.4) is 0 Å². The monoisotopic (exact) mass is 535 g/mol. The lowest BCUT2D eigenvalue weighted by Gasteiger charge is -2.33. The molecule has 0 atom stereocenters. The van der Waals surface area contributed by atoms with Crippen LogP contribution in [0.15, 0.2) is 103 Å².